The largest absolute Gasteiger partial charge is 0.340 e. The van der Waals surface area contributed by atoms with Crippen LogP contribution in [-0.2, 0) is 19.8 Å². The van der Waals surface area contributed by atoms with Crippen molar-refractivity contribution in [3.63, 3.8) is 0 Å². The molecule has 142 valence electrons. The summed E-state index contributed by atoms with van der Waals surface area (Å²) in [4.78, 5) is 28.8. The van der Waals surface area contributed by atoms with Gasteiger partial charge in [-0.3, -0.25) is 9.59 Å². The zero-order valence-electron chi connectivity index (χ0n) is 14.9. The number of nitrogens with two attached hydrogens (primary N) is 1. The van der Waals surface area contributed by atoms with Gasteiger partial charge in [0, 0.05) is 45.1 Å². The quantitative estimate of drug-likeness (QED) is 0.710. The predicted molar refractivity (Wildman–Crippen MR) is 92.4 cm³/mol. The fraction of sp³-hybridized carbons (Fsp3) is 0.875. The molecular weight excluding hydrogens is 344 g/mol. The Bertz CT molecular complexity index is 645. The van der Waals surface area contributed by atoms with Crippen LogP contribution >= 0.6 is 0 Å². The molecule has 3 rings (SSSR count). The molecule has 0 saturated carbocycles. The van der Waals surface area contributed by atoms with Crippen molar-refractivity contribution in [1.29, 1.82) is 0 Å². The lowest BCUT2D eigenvalue weighted by molar-refractivity contribution is -0.140. The van der Waals surface area contributed by atoms with Gasteiger partial charge in [0.15, 0.2) is 0 Å². The highest BCUT2D eigenvalue weighted by Gasteiger charge is 2.48. The van der Waals surface area contributed by atoms with Crippen LogP contribution in [0, 0.1) is 17.8 Å². The van der Waals surface area contributed by atoms with E-state index in [1.54, 1.807) is 0 Å². The van der Waals surface area contributed by atoms with E-state index >= 15 is 0 Å². The van der Waals surface area contributed by atoms with E-state index in [1.165, 1.54) is 0 Å². The molecule has 0 aromatic heterocycles. The summed E-state index contributed by atoms with van der Waals surface area (Å²) in [7, 11) is -3.70. The summed E-state index contributed by atoms with van der Waals surface area (Å²) < 4.78 is 23.6. The van der Waals surface area contributed by atoms with E-state index in [0.717, 1.165) is 23.7 Å². The predicted octanol–water partition coefficient (Wildman–Crippen LogP) is -0.383. The molecule has 9 heteroatoms. The Hall–Kier alpha value is -1.19. The smallest absolute Gasteiger partial charge is 0.276 e. The van der Waals surface area contributed by atoms with Crippen molar-refractivity contribution in [2.45, 2.75) is 39.2 Å². The molecule has 3 aliphatic heterocycles. The van der Waals surface area contributed by atoms with Crippen LogP contribution in [0.5, 0.6) is 0 Å². The lowest BCUT2D eigenvalue weighted by Gasteiger charge is -2.39. The number of rotatable bonds is 5. The molecule has 2 atom stereocenters. The maximum atomic E-state index is 12.7. The van der Waals surface area contributed by atoms with Crippen LogP contribution in [0.4, 0.5) is 0 Å². The van der Waals surface area contributed by atoms with Gasteiger partial charge in [-0.15, -0.1) is 0 Å². The van der Waals surface area contributed by atoms with Gasteiger partial charge in [0.25, 0.3) is 10.2 Å². The first-order chi connectivity index (χ1) is 11.7. The monoisotopic (exact) mass is 372 g/mol. The molecule has 3 saturated heterocycles. The van der Waals surface area contributed by atoms with Gasteiger partial charge in [-0.05, 0) is 18.8 Å². The lowest BCUT2D eigenvalue weighted by atomic mass is 10.00. The summed E-state index contributed by atoms with van der Waals surface area (Å²) in [5, 5.41) is 5.07. The molecule has 0 spiro atoms. The number of fused-ring (bicyclic) bond motifs is 1. The van der Waals surface area contributed by atoms with Gasteiger partial charge in [-0.25, -0.2) is 5.14 Å². The Kier molecular flexibility index (Phi) is 5.09. The van der Waals surface area contributed by atoms with E-state index in [0.29, 0.717) is 31.3 Å². The maximum absolute atomic E-state index is 12.7. The van der Waals surface area contributed by atoms with Gasteiger partial charge in [0.1, 0.15) is 0 Å². The van der Waals surface area contributed by atoms with Crippen molar-refractivity contribution < 1.29 is 18.0 Å². The second-order valence-corrected chi connectivity index (χ2v) is 9.48. The van der Waals surface area contributed by atoms with E-state index in [4.69, 9.17) is 5.14 Å². The molecule has 0 unspecified atom stereocenters. The summed E-state index contributed by atoms with van der Waals surface area (Å²) >= 11 is 0. The molecule has 3 aliphatic rings. The van der Waals surface area contributed by atoms with Crippen molar-refractivity contribution in [1.82, 2.24) is 14.1 Å². The van der Waals surface area contributed by atoms with Gasteiger partial charge in [-0.1, -0.05) is 13.8 Å². The van der Waals surface area contributed by atoms with Crippen molar-refractivity contribution in [2.75, 3.05) is 32.7 Å². The van der Waals surface area contributed by atoms with Gasteiger partial charge in [-0.2, -0.15) is 12.7 Å². The van der Waals surface area contributed by atoms with Crippen LogP contribution in [0.25, 0.3) is 0 Å². The fourth-order valence-electron chi connectivity index (χ4n) is 4.05. The van der Waals surface area contributed by atoms with Crippen LogP contribution in [0.2, 0.25) is 0 Å². The average Bonchev–Trinajstić information content (AvgIpc) is 3.00. The molecule has 0 aromatic carbocycles. The van der Waals surface area contributed by atoms with Crippen molar-refractivity contribution in [2.24, 2.45) is 22.9 Å². The molecule has 8 nitrogen and oxygen atoms in total. The zero-order chi connectivity index (χ0) is 18.4. The van der Waals surface area contributed by atoms with E-state index in [2.05, 4.69) is 13.8 Å². The number of amides is 2. The van der Waals surface area contributed by atoms with Crippen molar-refractivity contribution in [3.8, 4) is 0 Å². The molecule has 2 N–H and O–H groups in total. The Morgan fingerprint density at radius 1 is 1.16 bits per heavy atom. The summed E-state index contributed by atoms with van der Waals surface area (Å²) in [6, 6.07) is 0.0824. The maximum Gasteiger partial charge on any atom is 0.276 e. The summed E-state index contributed by atoms with van der Waals surface area (Å²) in [6.07, 6.45) is 2.37. The van der Waals surface area contributed by atoms with Crippen LogP contribution in [0.3, 0.4) is 0 Å². The third kappa shape index (κ3) is 3.83. The number of carbonyl (C=O) groups is 2. The summed E-state index contributed by atoms with van der Waals surface area (Å²) in [6.45, 7) is 6.60. The molecule has 0 radical (unpaired) electrons. The Morgan fingerprint density at radius 2 is 1.84 bits per heavy atom. The first-order valence-corrected chi connectivity index (χ1v) is 10.5. The number of hydrogen-bond acceptors (Lipinski definition) is 4. The topological polar surface area (TPSA) is 104 Å². The average molecular weight is 372 g/mol. The first kappa shape index (κ1) is 18.6. The molecular formula is C16H28N4O4S. The number of likely N-dealkylation sites (tertiary alicyclic amines) is 2. The molecule has 0 bridgehead atoms. The molecule has 0 aromatic rings. The van der Waals surface area contributed by atoms with Crippen LogP contribution < -0.4 is 5.14 Å². The third-order valence-electron chi connectivity index (χ3n) is 5.68. The van der Waals surface area contributed by atoms with Gasteiger partial charge >= 0.3 is 0 Å². The number of nitrogens with zero attached hydrogens (tertiary/aromatic N) is 3. The Morgan fingerprint density at radius 3 is 2.44 bits per heavy atom. The first-order valence-electron chi connectivity index (χ1n) is 9.03. The van der Waals surface area contributed by atoms with E-state index in [9.17, 15) is 18.0 Å². The minimum atomic E-state index is -3.70. The normalized spacial score (nSPS) is 27.7. The van der Waals surface area contributed by atoms with Crippen LogP contribution in [0.15, 0.2) is 0 Å². The Balaban J connectivity index is 1.54. The van der Waals surface area contributed by atoms with Crippen molar-refractivity contribution >= 4 is 22.0 Å². The van der Waals surface area contributed by atoms with Gasteiger partial charge in [0.05, 0.1) is 12.0 Å². The van der Waals surface area contributed by atoms with Crippen molar-refractivity contribution in [3.05, 3.63) is 0 Å². The SMILES string of the molecule is CC(C)CCC(=O)N1C[C@@H]2CCN(C(=O)C3CN(S(N)(=O)=O)C3)[C@@H]2C1. The molecule has 25 heavy (non-hydrogen) atoms. The summed E-state index contributed by atoms with van der Waals surface area (Å²) in [5.41, 5.74) is 0. The van der Waals surface area contributed by atoms with Crippen LogP contribution in [0.1, 0.15) is 33.1 Å². The second kappa shape index (κ2) is 6.85. The van der Waals surface area contributed by atoms with E-state index in [1.807, 2.05) is 9.80 Å². The number of carbonyl (C=O) groups excluding carboxylic acids is 2. The molecule has 3 heterocycles. The van der Waals surface area contributed by atoms with Gasteiger partial charge in [0.2, 0.25) is 11.8 Å². The third-order valence-corrected chi connectivity index (χ3v) is 6.69. The summed E-state index contributed by atoms with van der Waals surface area (Å²) in [5.74, 6) is 0.733. The highest BCUT2D eigenvalue weighted by molar-refractivity contribution is 7.86. The zero-order valence-corrected chi connectivity index (χ0v) is 15.7. The lowest BCUT2D eigenvalue weighted by Crippen LogP contribution is -2.58. The molecule has 3 fully saturated rings. The minimum absolute atomic E-state index is 0.00359. The molecule has 2 amide bonds. The Labute approximate surface area is 149 Å². The fourth-order valence-corrected chi connectivity index (χ4v) is 4.82. The highest BCUT2D eigenvalue weighted by atomic mass is 32.2. The van der Waals surface area contributed by atoms with E-state index < -0.39 is 10.2 Å². The molecule has 0 aliphatic carbocycles. The van der Waals surface area contributed by atoms with E-state index in [-0.39, 0.29) is 36.9 Å². The minimum Gasteiger partial charge on any atom is -0.340 e. The number of hydrogen-bond donors (Lipinski definition) is 1. The second-order valence-electron chi connectivity index (χ2n) is 7.94. The van der Waals surface area contributed by atoms with Gasteiger partial charge < -0.3 is 9.80 Å². The standard InChI is InChI=1S/C16H28N4O4S/c1-11(2)3-4-15(21)18-7-12-5-6-20(14(12)10-18)16(22)13-8-19(9-13)25(17,23)24/h11-14H,3-10H2,1-2H3,(H2,17,23,24)/t12-,14+/m0/s1. The highest BCUT2D eigenvalue weighted by Crippen LogP contribution is 2.34. The van der Waals surface area contributed by atoms with Crippen LogP contribution in [-0.4, -0.2) is 73.1 Å².